The number of sulfonamides is 1. The minimum Gasteiger partial charge on any atom is -0.350 e. The lowest BCUT2D eigenvalue weighted by atomic mass is 10.1. The number of amides is 1. The van der Waals surface area contributed by atoms with Crippen LogP contribution >= 0.6 is 11.6 Å². The summed E-state index contributed by atoms with van der Waals surface area (Å²) < 4.78 is 25.7. The second-order valence-electron chi connectivity index (χ2n) is 5.66. The van der Waals surface area contributed by atoms with E-state index in [9.17, 15) is 13.2 Å². The normalized spacial score (nSPS) is 12.4. The molecule has 0 aliphatic rings. The van der Waals surface area contributed by atoms with Gasteiger partial charge in [0, 0.05) is 11.6 Å². The van der Waals surface area contributed by atoms with Crippen molar-refractivity contribution in [2.45, 2.75) is 25.9 Å². The van der Waals surface area contributed by atoms with E-state index in [2.05, 4.69) is 5.32 Å². The van der Waals surface area contributed by atoms with E-state index >= 15 is 0 Å². The van der Waals surface area contributed by atoms with E-state index in [0.29, 0.717) is 23.7 Å². The van der Waals surface area contributed by atoms with Crippen molar-refractivity contribution in [2.75, 3.05) is 10.6 Å². The Hall–Kier alpha value is -2.05. The number of carbonyl (C=O) groups excluding carboxylic acids is 1. The van der Waals surface area contributed by atoms with Gasteiger partial charge in [0.25, 0.3) is 0 Å². The third-order valence-electron chi connectivity index (χ3n) is 3.72. The van der Waals surface area contributed by atoms with Crippen LogP contribution in [0.5, 0.6) is 0 Å². The van der Waals surface area contributed by atoms with Crippen molar-refractivity contribution in [3.8, 4) is 0 Å². The molecule has 134 valence electrons. The van der Waals surface area contributed by atoms with Crippen LogP contribution in [0.4, 0.5) is 5.69 Å². The predicted octanol–water partition coefficient (Wildman–Crippen LogP) is 3.20. The molecule has 25 heavy (non-hydrogen) atoms. The molecular formula is C18H21ClN2O3S. The lowest BCUT2D eigenvalue weighted by Crippen LogP contribution is -2.49. The van der Waals surface area contributed by atoms with Crippen LogP contribution in [0.1, 0.15) is 18.9 Å². The number of rotatable bonds is 7. The molecule has 0 fully saturated rings. The van der Waals surface area contributed by atoms with Crippen LogP contribution in [-0.4, -0.2) is 26.6 Å². The van der Waals surface area contributed by atoms with E-state index < -0.39 is 16.1 Å². The molecule has 7 heteroatoms. The molecule has 0 heterocycles. The van der Waals surface area contributed by atoms with E-state index in [-0.39, 0.29) is 5.91 Å². The smallest absolute Gasteiger partial charge is 0.244 e. The summed E-state index contributed by atoms with van der Waals surface area (Å²) in [5, 5.41) is 3.42. The zero-order chi connectivity index (χ0) is 18.4. The number of para-hydroxylation sites is 1. The van der Waals surface area contributed by atoms with Gasteiger partial charge < -0.3 is 5.32 Å². The Bertz CT molecular complexity index is 808. The van der Waals surface area contributed by atoms with Gasteiger partial charge in [0.05, 0.1) is 11.9 Å². The largest absolute Gasteiger partial charge is 0.350 e. The van der Waals surface area contributed by atoms with E-state index in [4.69, 9.17) is 11.6 Å². The van der Waals surface area contributed by atoms with Gasteiger partial charge in [0.2, 0.25) is 15.9 Å². The van der Waals surface area contributed by atoms with Crippen molar-refractivity contribution in [1.82, 2.24) is 5.32 Å². The van der Waals surface area contributed by atoms with Gasteiger partial charge in [-0.3, -0.25) is 9.10 Å². The topological polar surface area (TPSA) is 66.5 Å². The number of halogens is 1. The Morgan fingerprint density at radius 3 is 2.24 bits per heavy atom. The molecule has 2 aromatic carbocycles. The van der Waals surface area contributed by atoms with Gasteiger partial charge in [0.15, 0.2) is 0 Å². The van der Waals surface area contributed by atoms with E-state index in [0.717, 1.165) is 11.8 Å². The third-order valence-corrected chi connectivity index (χ3v) is 5.15. The van der Waals surface area contributed by atoms with Crippen LogP contribution < -0.4 is 9.62 Å². The van der Waals surface area contributed by atoms with Crippen molar-refractivity contribution < 1.29 is 13.2 Å². The molecule has 0 saturated carbocycles. The zero-order valence-electron chi connectivity index (χ0n) is 14.1. The maximum Gasteiger partial charge on any atom is 0.244 e. The molecule has 0 aromatic heterocycles. The summed E-state index contributed by atoms with van der Waals surface area (Å²) >= 11 is 5.85. The summed E-state index contributed by atoms with van der Waals surface area (Å²) in [7, 11) is -3.61. The molecule has 0 saturated heterocycles. The molecule has 0 aliphatic heterocycles. The molecule has 0 unspecified atom stereocenters. The fourth-order valence-electron chi connectivity index (χ4n) is 2.54. The minimum absolute atomic E-state index is 0.304. The summed E-state index contributed by atoms with van der Waals surface area (Å²) in [5.74, 6) is -0.341. The Labute approximate surface area is 153 Å². The number of benzene rings is 2. The molecule has 1 N–H and O–H groups in total. The Kier molecular flexibility index (Phi) is 6.45. The van der Waals surface area contributed by atoms with Gasteiger partial charge in [-0.25, -0.2) is 8.42 Å². The zero-order valence-corrected chi connectivity index (χ0v) is 15.7. The van der Waals surface area contributed by atoms with Gasteiger partial charge in [-0.1, -0.05) is 48.9 Å². The Balaban J connectivity index is 2.19. The standard InChI is InChI=1S/C18H21ClN2O3S/c1-3-17(18(22)20-13-14-9-11-15(19)12-10-14)21(25(2,23)24)16-7-5-4-6-8-16/h4-12,17H,3,13H2,1-2H3,(H,20,22)/t17-/m1/s1. The van der Waals surface area contributed by atoms with Crippen molar-refractivity contribution in [3.63, 3.8) is 0 Å². The van der Waals surface area contributed by atoms with Crippen LogP contribution in [0.2, 0.25) is 5.02 Å². The van der Waals surface area contributed by atoms with Gasteiger partial charge >= 0.3 is 0 Å². The van der Waals surface area contributed by atoms with Gasteiger partial charge in [-0.15, -0.1) is 0 Å². The van der Waals surface area contributed by atoms with E-state index in [1.807, 2.05) is 12.1 Å². The first-order chi connectivity index (χ1) is 11.8. The molecule has 0 bridgehead atoms. The van der Waals surface area contributed by atoms with Crippen molar-refractivity contribution in [3.05, 3.63) is 65.2 Å². The van der Waals surface area contributed by atoms with Crippen molar-refractivity contribution >= 4 is 33.2 Å². The molecule has 2 aromatic rings. The van der Waals surface area contributed by atoms with Gasteiger partial charge in [0.1, 0.15) is 6.04 Å². The SMILES string of the molecule is CC[C@H](C(=O)NCc1ccc(Cl)cc1)N(c1ccccc1)S(C)(=O)=O. The molecule has 0 spiro atoms. The van der Waals surface area contributed by atoms with Crippen LogP contribution in [0.15, 0.2) is 54.6 Å². The molecule has 2 rings (SSSR count). The predicted molar refractivity (Wildman–Crippen MR) is 101 cm³/mol. The number of carbonyl (C=O) groups is 1. The highest BCUT2D eigenvalue weighted by atomic mass is 35.5. The van der Waals surface area contributed by atoms with Gasteiger partial charge in [-0.05, 0) is 36.2 Å². The first-order valence-corrected chi connectivity index (χ1v) is 10.1. The first-order valence-electron chi connectivity index (χ1n) is 7.89. The van der Waals surface area contributed by atoms with Crippen molar-refractivity contribution in [1.29, 1.82) is 0 Å². The molecule has 1 amide bonds. The highest BCUT2D eigenvalue weighted by Crippen LogP contribution is 2.22. The van der Waals surface area contributed by atoms with E-state index in [1.54, 1.807) is 49.4 Å². The average molecular weight is 381 g/mol. The fraction of sp³-hybridized carbons (Fsp3) is 0.278. The van der Waals surface area contributed by atoms with Crippen LogP contribution in [0.25, 0.3) is 0 Å². The second-order valence-corrected chi connectivity index (χ2v) is 7.96. The number of hydrogen-bond donors (Lipinski definition) is 1. The maximum atomic E-state index is 12.6. The summed E-state index contributed by atoms with van der Waals surface area (Å²) in [6.45, 7) is 2.09. The highest BCUT2D eigenvalue weighted by molar-refractivity contribution is 7.92. The van der Waals surface area contributed by atoms with Crippen LogP contribution in [0.3, 0.4) is 0 Å². The van der Waals surface area contributed by atoms with E-state index in [1.165, 1.54) is 4.31 Å². The Morgan fingerprint density at radius 2 is 1.72 bits per heavy atom. The molecule has 5 nitrogen and oxygen atoms in total. The lowest BCUT2D eigenvalue weighted by molar-refractivity contribution is -0.122. The summed E-state index contributed by atoms with van der Waals surface area (Å²) in [5.41, 5.74) is 1.36. The van der Waals surface area contributed by atoms with Crippen molar-refractivity contribution in [2.24, 2.45) is 0 Å². The summed E-state index contributed by atoms with van der Waals surface area (Å²) in [6, 6.07) is 14.9. The number of anilines is 1. The first kappa shape index (κ1) is 19.3. The number of nitrogens with one attached hydrogen (secondary N) is 1. The third kappa shape index (κ3) is 5.21. The van der Waals surface area contributed by atoms with Crippen LogP contribution in [-0.2, 0) is 21.4 Å². The quantitative estimate of drug-likeness (QED) is 0.802. The highest BCUT2D eigenvalue weighted by Gasteiger charge is 2.31. The molecule has 0 radical (unpaired) electrons. The maximum absolute atomic E-state index is 12.6. The number of hydrogen-bond acceptors (Lipinski definition) is 3. The monoisotopic (exact) mass is 380 g/mol. The second kappa shape index (κ2) is 8.36. The average Bonchev–Trinajstić information content (AvgIpc) is 2.58. The minimum atomic E-state index is -3.61. The molecule has 1 atom stereocenters. The Morgan fingerprint density at radius 1 is 1.12 bits per heavy atom. The number of nitrogens with zero attached hydrogens (tertiary/aromatic N) is 1. The fourth-order valence-corrected chi connectivity index (χ4v) is 3.88. The molecular weight excluding hydrogens is 360 g/mol. The van der Waals surface area contributed by atoms with Gasteiger partial charge in [-0.2, -0.15) is 0 Å². The summed E-state index contributed by atoms with van der Waals surface area (Å²) in [4.78, 5) is 12.6. The molecule has 0 aliphatic carbocycles. The summed E-state index contributed by atoms with van der Waals surface area (Å²) in [6.07, 6.45) is 1.46. The lowest BCUT2D eigenvalue weighted by Gasteiger charge is -2.30. The van der Waals surface area contributed by atoms with Crippen LogP contribution in [0, 0.1) is 0 Å².